The summed E-state index contributed by atoms with van der Waals surface area (Å²) in [6.07, 6.45) is 8.58. The highest BCUT2D eigenvalue weighted by Gasteiger charge is 2.16. The highest BCUT2D eigenvalue weighted by molar-refractivity contribution is 7.98. The average molecular weight is 238 g/mol. The second-order valence-corrected chi connectivity index (χ2v) is 5.06. The summed E-state index contributed by atoms with van der Waals surface area (Å²) in [5.41, 5.74) is 0. The fourth-order valence-electron chi connectivity index (χ4n) is 2.12. The van der Waals surface area contributed by atoms with Gasteiger partial charge in [-0.3, -0.25) is 0 Å². The van der Waals surface area contributed by atoms with Gasteiger partial charge >= 0.3 is 0 Å². The van der Waals surface area contributed by atoms with E-state index in [4.69, 9.17) is 4.74 Å². The van der Waals surface area contributed by atoms with Crippen LogP contribution in [0.3, 0.4) is 0 Å². The van der Waals surface area contributed by atoms with Gasteiger partial charge in [-0.05, 0) is 50.1 Å². The molecule has 0 heterocycles. The van der Waals surface area contributed by atoms with Crippen molar-refractivity contribution >= 4 is 11.8 Å². The zero-order chi connectivity index (χ0) is 11.4. The van der Waals surface area contributed by atoms with Gasteiger partial charge in [-0.15, -0.1) is 11.8 Å². The molecule has 0 aromatic heterocycles. The van der Waals surface area contributed by atoms with Gasteiger partial charge in [-0.2, -0.15) is 0 Å². The molecule has 1 aliphatic rings. The molecular weight excluding hydrogens is 220 g/mol. The molecule has 3 heteroatoms. The molecule has 1 aromatic rings. The van der Waals surface area contributed by atoms with E-state index in [1.165, 1.54) is 19.3 Å². The van der Waals surface area contributed by atoms with Crippen molar-refractivity contribution < 1.29 is 9.84 Å². The van der Waals surface area contributed by atoms with Gasteiger partial charge in [-0.1, -0.05) is 6.42 Å². The van der Waals surface area contributed by atoms with Crippen molar-refractivity contribution in [1.29, 1.82) is 0 Å². The lowest BCUT2D eigenvalue weighted by Crippen LogP contribution is -2.19. The molecule has 1 saturated carbocycles. The molecule has 0 bridgehead atoms. The quantitative estimate of drug-likeness (QED) is 0.812. The van der Waals surface area contributed by atoms with E-state index in [0.717, 1.165) is 23.5 Å². The summed E-state index contributed by atoms with van der Waals surface area (Å²) in [5.74, 6) is 1.22. The van der Waals surface area contributed by atoms with Crippen LogP contribution in [0.4, 0.5) is 0 Å². The van der Waals surface area contributed by atoms with Crippen molar-refractivity contribution in [1.82, 2.24) is 0 Å². The summed E-state index contributed by atoms with van der Waals surface area (Å²) in [7, 11) is 0. The van der Waals surface area contributed by atoms with Crippen LogP contribution in [0.25, 0.3) is 0 Å². The fourth-order valence-corrected chi connectivity index (χ4v) is 2.67. The molecule has 1 aliphatic carbocycles. The molecule has 0 radical (unpaired) electrons. The van der Waals surface area contributed by atoms with Gasteiger partial charge in [0.05, 0.1) is 11.0 Å². The van der Waals surface area contributed by atoms with Crippen LogP contribution in [-0.4, -0.2) is 17.5 Å². The molecule has 2 rings (SSSR count). The van der Waals surface area contributed by atoms with Gasteiger partial charge in [0.2, 0.25) is 0 Å². The molecule has 1 fully saturated rings. The summed E-state index contributed by atoms with van der Waals surface area (Å²) >= 11 is 1.61. The number of aromatic hydroxyl groups is 1. The number of benzene rings is 1. The smallest absolute Gasteiger partial charge is 0.133 e. The molecule has 0 saturated heterocycles. The van der Waals surface area contributed by atoms with Crippen molar-refractivity contribution in [2.24, 2.45) is 0 Å². The Balaban J connectivity index is 2.07. The maximum absolute atomic E-state index is 9.41. The summed E-state index contributed by atoms with van der Waals surface area (Å²) in [5, 5.41) is 9.41. The van der Waals surface area contributed by atoms with Crippen molar-refractivity contribution in [3.8, 4) is 11.5 Å². The first-order chi connectivity index (χ1) is 7.79. The Morgan fingerprint density at radius 1 is 1.25 bits per heavy atom. The predicted octanol–water partition coefficient (Wildman–Crippen LogP) is 3.83. The van der Waals surface area contributed by atoms with Gasteiger partial charge in [-0.25, -0.2) is 0 Å². The van der Waals surface area contributed by atoms with Crippen LogP contribution in [0.15, 0.2) is 23.1 Å². The summed E-state index contributed by atoms with van der Waals surface area (Å²) in [6.45, 7) is 0. The Kier molecular flexibility index (Phi) is 3.99. The molecule has 0 amide bonds. The van der Waals surface area contributed by atoms with Crippen LogP contribution in [0.1, 0.15) is 32.1 Å². The number of ether oxygens (including phenoxy) is 1. The second-order valence-electron chi connectivity index (χ2n) is 4.21. The lowest BCUT2D eigenvalue weighted by molar-refractivity contribution is 0.151. The Hall–Kier alpha value is -0.830. The Bertz CT molecular complexity index is 346. The van der Waals surface area contributed by atoms with E-state index in [2.05, 4.69) is 0 Å². The molecule has 0 atom stereocenters. The third-order valence-electron chi connectivity index (χ3n) is 2.99. The van der Waals surface area contributed by atoms with Crippen molar-refractivity contribution in [3.63, 3.8) is 0 Å². The monoisotopic (exact) mass is 238 g/mol. The van der Waals surface area contributed by atoms with Gasteiger partial charge < -0.3 is 9.84 Å². The summed E-state index contributed by atoms with van der Waals surface area (Å²) < 4.78 is 6.00. The molecule has 1 aromatic carbocycles. The molecule has 0 aliphatic heterocycles. The lowest BCUT2D eigenvalue weighted by atomic mass is 9.98. The molecule has 0 unspecified atom stereocenters. The predicted molar refractivity (Wildman–Crippen MR) is 67.4 cm³/mol. The van der Waals surface area contributed by atoms with E-state index in [-0.39, 0.29) is 0 Å². The number of rotatable bonds is 3. The molecular formula is C13H18O2S. The maximum Gasteiger partial charge on any atom is 0.133 e. The Morgan fingerprint density at radius 2 is 2.00 bits per heavy atom. The molecule has 2 nitrogen and oxygen atoms in total. The number of phenolic OH excluding ortho intramolecular Hbond substituents is 1. The standard InChI is InChI=1S/C13H18O2S/c1-16-13-9-10(14)7-8-12(13)15-11-5-3-2-4-6-11/h7-9,11,14H,2-6H2,1H3. The third kappa shape index (κ3) is 2.85. The van der Waals surface area contributed by atoms with E-state index < -0.39 is 0 Å². The zero-order valence-electron chi connectivity index (χ0n) is 9.61. The number of hydrogen-bond acceptors (Lipinski definition) is 3. The van der Waals surface area contributed by atoms with E-state index in [9.17, 15) is 5.11 Å². The first-order valence-electron chi connectivity index (χ1n) is 5.83. The normalized spacial score (nSPS) is 17.3. The van der Waals surface area contributed by atoms with Crippen LogP contribution in [0.5, 0.6) is 11.5 Å². The third-order valence-corrected chi connectivity index (χ3v) is 3.75. The van der Waals surface area contributed by atoms with Crippen LogP contribution in [0, 0.1) is 0 Å². The molecule has 1 N–H and O–H groups in total. The van der Waals surface area contributed by atoms with Gasteiger partial charge in [0.1, 0.15) is 11.5 Å². The topological polar surface area (TPSA) is 29.5 Å². The van der Waals surface area contributed by atoms with E-state index >= 15 is 0 Å². The SMILES string of the molecule is CSc1cc(O)ccc1OC1CCCCC1. The molecule has 16 heavy (non-hydrogen) atoms. The second kappa shape index (κ2) is 5.48. The minimum Gasteiger partial charge on any atom is -0.508 e. The molecule has 0 spiro atoms. The summed E-state index contributed by atoms with van der Waals surface area (Å²) in [6, 6.07) is 5.33. The van der Waals surface area contributed by atoms with E-state index in [1.54, 1.807) is 23.9 Å². The summed E-state index contributed by atoms with van der Waals surface area (Å²) in [4.78, 5) is 1.02. The Morgan fingerprint density at radius 3 is 2.69 bits per heavy atom. The lowest BCUT2D eigenvalue weighted by Gasteiger charge is -2.24. The van der Waals surface area contributed by atoms with Crippen LogP contribution in [0.2, 0.25) is 0 Å². The van der Waals surface area contributed by atoms with Gasteiger partial charge in [0, 0.05) is 0 Å². The number of hydrogen-bond donors (Lipinski definition) is 1. The van der Waals surface area contributed by atoms with Crippen molar-refractivity contribution in [3.05, 3.63) is 18.2 Å². The van der Waals surface area contributed by atoms with Gasteiger partial charge in [0.25, 0.3) is 0 Å². The van der Waals surface area contributed by atoms with E-state index in [1.807, 2.05) is 12.3 Å². The van der Waals surface area contributed by atoms with Crippen molar-refractivity contribution in [2.75, 3.05) is 6.26 Å². The number of phenols is 1. The first kappa shape index (κ1) is 11.6. The Labute approximate surface area is 101 Å². The van der Waals surface area contributed by atoms with Crippen LogP contribution >= 0.6 is 11.8 Å². The zero-order valence-corrected chi connectivity index (χ0v) is 10.4. The minimum absolute atomic E-state index is 0.306. The van der Waals surface area contributed by atoms with E-state index in [0.29, 0.717) is 11.9 Å². The van der Waals surface area contributed by atoms with Crippen LogP contribution < -0.4 is 4.74 Å². The highest BCUT2D eigenvalue weighted by atomic mass is 32.2. The van der Waals surface area contributed by atoms with Gasteiger partial charge in [0.15, 0.2) is 0 Å². The molecule has 88 valence electrons. The first-order valence-corrected chi connectivity index (χ1v) is 7.06. The maximum atomic E-state index is 9.41. The largest absolute Gasteiger partial charge is 0.508 e. The average Bonchev–Trinajstić information content (AvgIpc) is 2.33. The number of thioether (sulfide) groups is 1. The van der Waals surface area contributed by atoms with Crippen molar-refractivity contribution in [2.45, 2.75) is 43.1 Å². The van der Waals surface area contributed by atoms with Crippen LogP contribution in [-0.2, 0) is 0 Å². The highest BCUT2D eigenvalue weighted by Crippen LogP contribution is 2.33. The minimum atomic E-state index is 0.306. The fraction of sp³-hybridized carbons (Fsp3) is 0.538.